The summed E-state index contributed by atoms with van der Waals surface area (Å²) in [5, 5.41) is 0. The molecule has 0 radical (unpaired) electrons. The summed E-state index contributed by atoms with van der Waals surface area (Å²) in [6, 6.07) is 0. The average molecular weight is 496 g/mol. The number of rotatable bonds is 10. The summed E-state index contributed by atoms with van der Waals surface area (Å²) in [4.78, 5) is 0. The first-order valence-corrected chi connectivity index (χ1v) is 14.9. The Labute approximate surface area is 217 Å². The fourth-order valence-corrected chi connectivity index (χ4v) is 9.89. The van der Waals surface area contributed by atoms with E-state index in [-0.39, 0.29) is 21.7 Å². The molecule has 0 fully saturated rings. The van der Waals surface area contributed by atoms with E-state index in [2.05, 4.69) is 113 Å². The Morgan fingerprint density at radius 2 is 1.16 bits per heavy atom. The van der Waals surface area contributed by atoms with Gasteiger partial charge in [0.15, 0.2) is 0 Å². The van der Waals surface area contributed by atoms with E-state index in [0.717, 1.165) is 24.2 Å². The number of hydrogen-bond acceptors (Lipinski definition) is 1. The summed E-state index contributed by atoms with van der Waals surface area (Å²) in [6.07, 6.45) is 16.2. The van der Waals surface area contributed by atoms with Gasteiger partial charge in [0.1, 0.15) is 0 Å². The molecule has 1 aliphatic carbocycles. The van der Waals surface area contributed by atoms with Crippen molar-refractivity contribution in [3.05, 3.63) is 47.2 Å². The third-order valence-electron chi connectivity index (χ3n) is 5.00. The van der Waals surface area contributed by atoms with Crippen molar-refractivity contribution >= 4 is 7.05 Å². The molecule has 1 aliphatic rings. The Kier molecular flexibility index (Phi) is 18.5. The second-order valence-corrected chi connectivity index (χ2v) is 14.9. The monoisotopic (exact) mass is 495 g/mol. The predicted molar refractivity (Wildman–Crippen MR) is 147 cm³/mol. The molecular weight excluding hydrogens is 441 g/mol. The SMILES string of the molecule is CC(=CC(C)C)C(C)=CC(C)C.CC(C)CP(CC(C)C)(CC(C)C)=NC1=CC=CC1.[Ti]. The second-order valence-electron chi connectivity index (χ2n) is 11.4. The number of nitrogens with zero attached hydrogens (tertiary/aromatic N) is 1. The van der Waals surface area contributed by atoms with Crippen molar-refractivity contribution in [1.82, 2.24) is 0 Å². The van der Waals surface area contributed by atoms with Gasteiger partial charge in [-0.15, -0.1) is 0 Å². The molecule has 184 valence electrons. The molecule has 0 aliphatic heterocycles. The van der Waals surface area contributed by atoms with Gasteiger partial charge in [-0.2, -0.15) is 0 Å². The van der Waals surface area contributed by atoms with Gasteiger partial charge in [0, 0.05) is 33.8 Å². The molecule has 32 heavy (non-hydrogen) atoms. The van der Waals surface area contributed by atoms with Crippen LogP contribution < -0.4 is 0 Å². The summed E-state index contributed by atoms with van der Waals surface area (Å²) in [5.74, 6) is 3.57. The predicted octanol–water partition coefficient (Wildman–Crippen LogP) is 10.2. The fourth-order valence-electron chi connectivity index (χ4n) is 4.43. The van der Waals surface area contributed by atoms with Crippen molar-refractivity contribution in [2.75, 3.05) is 18.5 Å². The maximum absolute atomic E-state index is 5.34. The Hall–Kier alpha value is -0.0957. The van der Waals surface area contributed by atoms with Gasteiger partial charge in [0.25, 0.3) is 0 Å². The first kappa shape index (κ1) is 34.1. The van der Waals surface area contributed by atoms with Gasteiger partial charge in [-0.1, -0.05) is 105 Å². The summed E-state index contributed by atoms with van der Waals surface area (Å²) < 4.78 is 5.34. The Balaban J connectivity index is 0. The van der Waals surface area contributed by atoms with Gasteiger partial charge < -0.3 is 0 Å². The maximum atomic E-state index is 5.34. The van der Waals surface area contributed by atoms with Crippen LogP contribution in [0.5, 0.6) is 0 Å². The molecule has 0 heterocycles. The fraction of sp³-hybridized carbons (Fsp3) is 0.724. The van der Waals surface area contributed by atoms with Crippen LogP contribution in [-0.2, 0) is 21.7 Å². The third-order valence-corrected chi connectivity index (χ3v) is 9.91. The summed E-state index contributed by atoms with van der Waals surface area (Å²) in [7, 11) is -1.20. The zero-order valence-corrected chi connectivity index (χ0v) is 26.0. The standard InChI is InChI=1S/C17H32NP.C12H22.Ti/c1-14(2)11-19(12-15(3)4,13-16(5)6)18-17-9-7-8-10-17;1-9(2)7-11(5)12(6)8-10(3)4;/h7-9,14-16H,10-13H2,1-6H3;7-10H,1-6H3;. The van der Waals surface area contributed by atoms with Gasteiger partial charge in [0.05, 0.1) is 0 Å². The van der Waals surface area contributed by atoms with Crippen LogP contribution in [0.3, 0.4) is 0 Å². The van der Waals surface area contributed by atoms with Gasteiger partial charge >= 0.3 is 0 Å². The molecule has 1 nitrogen and oxygen atoms in total. The molecule has 1 rings (SSSR count). The molecular formula is C29H54NPTi. The molecule has 0 bridgehead atoms. The van der Waals surface area contributed by atoms with Crippen molar-refractivity contribution in [3.63, 3.8) is 0 Å². The van der Waals surface area contributed by atoms with Crippen molar-refractivity contribution in [3.8, 4) is 0 Å². The third kappa shape index (κ3) is 16.5. The van der Waals surface area contributed by atoms with E-state index in [1.54, 1.807) is 0 Å². The summed E-state index contributed by atoms with van der Waals surface area (Å²) in [5.41, 5.74) is 4.16. The van der Waals surface area contributed by atoms with Crippen LogP contribution in [0.1, 0.15) is 89.5 Å². The van der Waals surface area contributed by atoms with E-state index in [9.17, 15) is 0 Å². The molecule has 0 saturated heterocycles. The summed E-state index contributed by atoms with van der Waals surface area (Å²) >= 11 is 0. The molecule has 0 aromatic rings. The zero-order chi connectivity index (χ0) is 24.2. The van der Waals surface area contributed by atoms with Gasteiger partial charge in [0.2, 0.25) is 0 Å². The number of hydrogen-bond donors (Lipinski definition) is 0. The minimum Gasteiger partial charge on any atom is -0.272 e. The topological polar surface area (TPSA) is 12.4 Å². The minimum atomic E-state index is -1.20. The molecule has 0 N–H and O–H groups in total. The Morgan fingerprint density at radius 3 is 1.41 bits per heavy atom. The van der Waals surface area contributed by atoms with Crippen LogP contribution in [-0.4, -0.2) is 18.5 Å². The first-order valence-electron chi connectivity index (χ1n) is 12.6. The van der Waals surface area contributed by atoms with Crippen LogP contribution in [0.15, 0.2) is 52.0 Å². The van der Waals surface area contributed by atoms with E-state index in [4.69, 9.17) is 4.74 Å². The smallest absolute Gasteiger partial charge is 0.0425 e. The molecule has 0 amide bonds. The second kappa shape index (κ2) is 17.4. The minimum absolute atomic E-state index is 0. The normalized spacial score (nSPS) is 14.8. The van der Waals surface area contributed by atoms with E-state index < -0.39 is 7.05 Å². The van der Waals surface area contributed by atoms with E-state index in [1.807, 2.05) is 0 Å². The largest absolute Gasteiger partial charge is 0.272 e. The van der Waals surface area contributed by atoms with E-state index in [1.165, 1.54) is 35.3 Å². The molecule has 0 atom stereocenters. The van der Waals surface area contributed by atoms with Gasteiger partial charge in [-0.05, 0) is 75.1 Å². The molecule has 0 aromatic carbocycles. The van der Waals surface area contributed by atoms with Crippen LogP contribution in [0.4, 0.5) is 0 Å². The first-order chi connectivity index (χ1) is 14.3. The zero-order valence-electron chi connectivity index (χ0n) is 23.5. The van der Waals surface area contributed by atoms with Crippen molar-refractivity contribution in [2.45, 2.75) is 89.5 Å². The van der Waals surface area contributed by atoms with Crippen molar-refractivity contribution in [2.24, 2.45) is 34.3 Å². The number of allylic oxidation sites excluding steroid dienone is 7. The Morgan fingerprint density at radius 1 is 0.781 bits per heavy atom. The van der Waals surface area contributed by atoms with Crippen molar-refractivity contribution in [1.29, 1.82) is 0 Å². The van der Waals surface area contributed by atoms with Crippen molar-refractivity contribution < 1.29 is 21.7 Å². The summed E-state index contributed by atoms with van der Waals surface area (Å²) in [6.45, 7) is 27.4. The molecule has 0 spiro atoms. The molecule has 0 saturated carbocycles. The Bertz CT molecular complexity index is 633. The molecule has 3 heteroatoms. The van der Waals surface area contributed by atoms with E-state index in [0.29, 0.717) is 11.8 Å². The van der Waals surface area contributed by atoms with Crippen LogP contribution >= 0.6 is 7.05 Å². The molecule has 0 unspecified atom stereocenters. The van der Waals surface area contributed by atoms with Crippen LogP contribution in [0.2, 0.25) is 0 Å². The average Bonchev–Trinajstić information content (AvgIpc) is 3.04. The quantitative estimate of drug-likeness (QED) is 0.162. The van der Waals surface area contributed by atoms with Crippen LogP contribution in [0, 0.1) is 29.6 Å². The maximum Gasteiger partial charge on any atom is 0.0425 e. The van der Waals surface area contributed by atoms with Crippen LogP contribution in [0.25, 0.3) is 0 Å². The van der Waals surface area contributed by atoms with Gasteiger partial charge in [-0.3, -0.25) is 4.74 Å². The molecule has 0 aromatic heterocycles. The van der Waals surface area contributed by atoms with Gasteiger partial charge in [-0.25, -0.2) is 0 Å². The van der Waals surface area contributed by atoms with E-state index >= 15 is 0 Å².